The second kappa shape index (κ2) is 5.69. The Kier molecular flexibility index (Phi) is 4.84. The molecule has 0 spiro atoms. The number of halogens is 7. The van der Waals surface area contributed by atoms with Gasteiger partial charge in [0, 0.05) is 23.6 Å². The molecule has 1 aromatic rings. The molecule has 0 saturated carbocycles. The molecule has 0 heterocycles. The van der Waals surface area contributed by atoms with Crippen LogP contribution >= 0.6 is 0 Å². The number of nitrogens with two attached hydrogens (primary N) is 1. The van der Waals surface area contributed by atoms with Gasteiger partial charge in [-0.25, -0.2) is 4.39 Å². The molecular weight excluding hydrogens is 319 g/mol. The minimum atomic E-state index is -5.22. The smallest absolute Gasteiger partial charge is 0.396 e. The maximum Gasteiger partial charge on any atom is 0.416 e. The quantitative estimate of drug-likeness (QED) is 0.825. The fourth-order valence-corrected chi connectivity index (χ4v) is 1.82. The van der Waals surface area contributed by atoms with Crippen molar-refractivity contribution < 1.29 is 35.8 Å². The summed E-state index contributed by atoms with van der Waals surface area (Å²) < 4.78 is 90.6. The van der Waals surface area contributed by atoms with Gasteiger partial charge < -0.3 is 10.8 Å². The molecule has 126 valence electrons. The maximum absolute atomic E-state index is 13.9. The average molecular weight is 333 g/mol. The van der Waals surface area contributed by atoms with E-state index in [1.165, 1.54) is 13.8 Å². The SMILES string of the molecule is CC(C)(CO)[C@H](N)c1c(F)cc(C(F)(F)F)cc1C(F)(F)F. The molecule has 0 bridgehead atoms. The summed E-state index contributed by atoms with van der Waals surface area (Å²) in [5, 5.41) is 9.13. The Morgan fingerprint density at radius 2 is 1.55 bits per heavy atom. The molecule has 1 aromatic carbocycles. The van der Waals surface area contributed by atoms with Gasteiger partial charge in [-0.15, -0.1) is 0 Å². The van der Waals surface area contributed by atoms with Crippen molar-refractivity contribution in [2.24, 2.45) is 11.1 Å². The number of aliphatic hydroxyl groups is 1. The summed E-state index contributed by atoms with van der Waals surface area (Å²) in [5.74, 6) is -1.71. The molecule has 0 aliphatic heterocycles. The summed E-state index contributed by atoms with van der Waals surface area (Å²) in [7, 11) is 0. The third kappa shape index (κ3) is 3.70. The molecule has 0 amide bonds. The van der Waals surface area contributed by atoms with Crippen molar-refractivity contribution in [2.75, 3.05) is 6.61 Å². The van der Waals surface area contributed by atoms with Crippen LogP contribution in [-0.2, 0) is 12.4 Å². The van der Waals surface area contributed by atoms with Crippen molar-refractivity contribution in [3.63, 3.8) is 0 Å². The van der Waals surface area contributed by atoms with Crippen molar-refractivity contribution in [1.82, 2.24) is 0 Å². The van der Waals surface area contributed by atoms with Gasteiger partial charge in [0.2, 0.25) is 0 Å². The van der Waals surface area contributed by atoms with Crippen molar-refractivity contribution in [2.45, 2.75) is 32.2 Å². The van der Waals surface area contributed by atoms with Crippen molar-refractivity contribution >= 4 is 0 Å². The van der Waals surface area contributed by atoms with E-state index >= 15 is 0 Å². The molecule has 1 atom stereocenters. The van der Waals surface area contributed by atoms with Crippen LogP contribution in [0.2, 0.25) is 0 Å². The average Bonchev–Trinajstić information content (AvgIpc) is 2.34. The van der Waals surface area contributed by atoms with E-state index in [0.717, 1.165) is 0 Å². The van der Waals surface area contributed by atoms with E-state index in [-0.39, 0.29) is 12.1 Å². The zero-order valence-electron chi connectivity index (χ0n) is 11.6. The van der Waals surface area contributed by atoms with Gasteiger partial charge in [-0.3, -0.25) is 0 Å². The topological polar surface area (TPSA) is 46.2 Å². The fourth-order valence-electron chi connectivity index (χ4n) is 1.82. The van der Waals surface area contributed by atoms with Gasteiger partial charge in [-0.2, -0.15) is 26.3 Å². The Morgan fingerprint density at radius 3 is 1.91 bits per heavy atom. The van der Waals surface area contributed by atoms with E-state index in [2.05, 4.69) is 0 Å². The largest absolute Gasteiger partial charge is 0.416 e. The summed E-state index contributed by atoms with van der Waals surface area (Å²) >= 11 is 0. The summed E-state index contributed by atoms with van der Waals surface area (Å²) in [4.78, 5) is 0. The highest BCUT2D eigenvalue weighted by atomic mass is 19.4. The maximum atomic E-state index is 13.9. The molecule has 0 fully saturated rings. The van der Waals surface area contributed by atoms with Gasteiger partial charge in [0.15, 0.2) is 0 Å². The van der Waals surface area contributed by atoms with Crippen molar-refractivity contribution in [3.8, 4) is 0 Å². The summed E-state index contributed by atoms with van der Waals surface area (Å²) in [5.41, 5.74) is -0.451. The summed E-state index contributed by atoms with van der Waals surface area (Å²) in [6, 6.07) is -1.85. The highest BCUT2D eigenvalue weighted by molar-refractivity contribution is 5.39. The number of alkyl halides is 6. The normalized spacial score (nSPS) is 15.0. The first-order valence-electron chi connectivity index (χ1n) is 6.06. The van der Waals surface area contributed by atoms with E-state index in [1.54, 1.807) is 0 Å². The standard InChI is InChI=1S/C13H14F7NO/c1-11(2,5-22)10(21)9-7(13(18,19)20)3-6(4-8(9)14)12(15,16)17/h3-4,10,22H,5,21H2,1-2H3/t10-/m1/s1. The second-order valence-corrected chi connectivity index (χ2v) is 5.54. The second-order valence-electron chi connectivity index (χ2n) is 5.54. The number of hydrogen-bond donors (Lipinski definition) is 2. The van der Waals surface area contributed by atoms with Crippen LogP contribution in [0.3, 0.4) is 0 Å². The molecule has 0 saturated heterocycles. The third-order valence-electron chi connectivity index (χ3n) is 3.32. The molecule has 0 aromatic heterocycles. The lowest BCUT2D eigenvalue weighted by atomic mass is 9.79. The summed E-state index contributed by atoms with van der Waals surface area (Å²) in [6.45, 7) is 1.87. The zero-order chi connectivity index (χ0) is 17.5. The predicted molar refractivity (Wildman–Crippen MR) is 64.2 cm³/mol. The van der Waals surface area contributed by atoms with Crippen LogP contribution in [0.15, 0.2) is 12.1 Å². The molecule has 1 rings (SSSR count). The molecule has 2 nitrogen and oxygen atoms in total. The van der Waals surface area contributed by atoms with Crippen LogP contribution in [0.25, 0.3) is 0 Å². The lowest BCUT2D eigenvalue weighted by molar-refractivity contribution is -0.144. The number of aliphatic hydroxyl groups excluding tert-OH is 1. The van der Waals surface area contributed by atoms with E-state index in [4.69, 9.17) is 10.8 Å². The van der Waals surface area contributed by atoms with Crippen molar-refractivity contribution in [1.29, 1.82) is 0 Å². The van der Waals surface area contributed by atoms with Crippen molar-refractivity contribution in [3.05, 3.63) is 34.6 Å². The summed E-state index contributed by atoms with van der Waals surface area (Å²) in [6.07, 6.45) is -10.4. The van der Waals surface area contributed by atoms with Crippen LogP contribution in [0.1, 0.15) is 36.6 Å². The Morgan fingerprint density at radius 1 is 1.05 bits per heavy atom. The first kappa shape index (κ1) is 18.7. The van der Waals surface area contributed by atoms with Gasteiger partial charge in [0.1, 0.15) is 5.82 Å². The minimum absolute atomic E-state index is 0.0299. The van der Waals surface area contributed by atoms with E-state index in [0.29, 0.717) is 0 Å². The van der Waals surface area contributed by atoms with Gasteiger partial charge in [0.05, 0.1) is 11.1 Å². The monoisotopic (exact) mass is 333 g/mol. The molecule has 0 aliphatic carbocycles. The molecule has 0 unspecified atom stereocenters. The van der Waals surface area contributed by atoms with Gasteiger partial charge in [0.25, 0.3) is 0 Å². The predicted octanol–water partition coefficient (Wildman–Crippen LogP) is 3.88. The van der Waals surface area contributed by atoms with Gasteiger partial charge in [-0.1, -0.05) is 13.8 Å². The Hall–Kier alpha value is -1.35. The lowest BCUT2D eigenvalue weighted by Gasteiger charge is -2.32. The van der Waals surface area contributed by atoms with Gasteiger partial charge in [-0.05, 0) is 12.1 Å². The highest BCUT2D eigenvalue weighted by Crippen LogP contribution is 2.43. The van der Waals surface area contributed by atoms with Crippen LogP contribution in [0, 0.1) is 11.2 Å². The van der Waals surface area contributed by atoms with Crippen LogP contribution in [0.5, 0.6) is 0 Å². The van der Waals surface area contributed by atoms with E-state index in [9.17, 15) is 30.7 Å². The van der Waals surface area contributed by atoms with Crippen LogP contribution < -0.4 is 5.73 Å². The first-order chi connectivity index (χ1) is 9.71. The zero-order valence-corrected chi connectivity index (χ0v) is 11.6. The Bertz CT molecular complexity index is 549. The number of hydrogen-bond acceptors (Lipinski definition) is 2. The Balaban J connectivity index is 3.65. The third-order valence-corrected chi connectivity index (χ3v) is 3.32. The minimum Gasteiger partial charge on any atom is -0.396 e. The van der Waals surface area contributed by atoms with Crippen LogP contribution in [0.4, 0.5) is 30.7 Å². The molecule has 3 N–H and O–H groups in total. The molecule has 0 radical (unpaired) electrons. The lowest BCUT2D eigenvalue weighted by Crippen LogP contribution is -2.35. The van der Waals surface area contributed by atoms with E-state index < -0.39 is 52.9 Å². The molecule has 9 heteroatoms. The van der Waals surface area contributed by atoms with E-state index in [1.807, 2.05) is 0 Å². The van der Waals surface area contributed by atoms with Crippen LogP contribution in [-0.4, -0.2) is 11.7 Å². The first-order valence-corrected chi connectivity index (χ1v) is 6.06. The highest BCUT2D eigenvalue weighted by Gasteiger charge is 2.43. The molecule has 0 aliphatic rings. The van der Waals surface area contributed by atoms with Gasteiger partial charge >= 0.3 is 12.4 Å². The Labute approximate surface area is 121 Å². The number of rotatable bonds is 3. The fraction of sp³-hybridized carbons (Fsp3) is 0.538. The molecule has 22 heavy (non-hydrogen) atoms. The number of benzene rings is 1. The molecular formula is C13H14F7NO.